The average molecular weight is 189 g/mol. The Morgan fingerprint density at radius 3 is 3.07 bits per heavy atom. The molecule has 0 fully saturated rings. The molecule has 1 heteroatoms. The molecule has 0 radical (unpaired) electrons. The standard InChI is InChI=1S/C13H19N/c1-2-3-8-13-12-7-5-4-6-11(12)9-10-14-13/h4-7,13-14H,2-3,8-10H2,1H3/t13-/m0/s1. The molecule has 0 amide bonds. The zero-order chi connectivity index (χ0) is 9.80. The van der Waals surface area contributed by atoms with E-state index in [1.807, 2.05) is 0 Å². The van der Waals surface area contributed by atoms with Crippen molar-refractivity contribution >= 4 is 0 Å². The Balaban J connectivity index is 2.14. The predicted molar refractivity (Wildman–Crippen MR) is 60.4 cm³/mol. The minimum absolute atomic E-state index is 0.611. The fourth-order valence-corrected chi connectivity index (χ4v) is 2.26. The van der Waals surface area contributed by atoms with Crippen LogP contribution in [0, 0.1) is 0 Å². The Bertz CT molecular complexity index is 293. The van der Waals surface area contributed by atoms with Crippen LogP contribution in [0.1, 0.15) is 43.4 Å². The summed E-state index contributed by atoms with van der Waals surface area (Å²) in [5.74, 6) is 0. The molecule has 14 heavy (non-hydrogen) atoms. The van der Waals surface area contributed by atoms with Crippen LogP contribution in [-0.2, 0) is 6.42 Å². The maximum absolute atomic E-state index is 3.61. The molecule has 1 aliphatic heterocycles. The number of hydrogen-bond donors (Lipinski definition) is 1. The first-order chi connectivity index (χ1) is 6.92. The summed E-state index contributed by atoms with van der Waals surface area (Å²) in [5.41, 5.74) is 3.08. The summed E-state index contributed by atoms with van der Waals surface area (Å²) in [6.07, 6.45) is 5.10. The molecule has 0 aliphatic carbocycles. The van der Waals surface area contributed by atoms with Gasteiger partial charge < -0.3 is 5.32 Å². The molecule has 1 nitrogen and oxygen atoms in total. The van der Waals surface area contributed by atoms with Crippen molar-refractivity contribution in [3.63, 3.8) is 0 Å². The van der Waals surface area contributed by atoms with E-state index in [0.717, 1.165) is 6.54 Å². The monoisotopic (exact) mass is 189 g/mol. The Morgan fingerprint density at radius 1 is 1.36 bits per heavy atom. The van der Waals surface area contributed by atoms with E-state index in [0.29, 0.717) is 6.04 Å². The number of nitrogens with one attached hydrogen (secondary N) is 1. The van der Waals surface area contributed by atoms with Crippen LogP contribution in [0.5, 0.6) is 0 Å². The van der Waals surface area contributed by atoms with Crippen molar-refractivity contribution in [2.24, 2.45) is 0 Å². The zero-order valence-corrected chi connectivity index (χ0v) is 8.92. The van der Waals surface area contributed by atoms with E-state index in [4.69, 9.17) is 0 Å². The molecule has 1 atom stereocenters. The van der Waals surface area contributed by atoms with Crippen molar-refractivity contribution in [2.75, 3.05) is 6.54 Å². The first kappa shape index (κ1) is 9.72. The summed E-state index contributed by atoms with van der Waals surface area (Å²) in [6.45, 7) is 3.40. The van der Waals surface area contributed by atoms with Crippen molar-refractivity contribution in [1.29, 1.82) is 0 Å². The van der Waals surface area contributed by atoms with Gasteiger partial charge in [0.1, 0.15) is 0 Å². The van der Waals surface area contributed by atoms with E-state index in [1.54, 1.807) is 5.56 Å². The van der Waals surface area contributed by atoms with Crippen molar-refractivity contribution in [3.8, 4) is 0 Å². The second-order valence-electron chi connectivity index (χ2n) is 4.10. The minimum Gasteiger partial charge on any atom is -0.310 e. The molecule has 0 saturated carbocycles. The highest BCUT2D eigenvalue weighted by Crippen LogP contribution is 2.26. The van der Waals surface area contributed by atoms with Gasteiger partial charge >= 0.3 is 0 Å². The van der Waals surface area contributed by atoms with E-state index in [-0.39, 0.29) is 0 Å². The van der Waals surface area contributed by atoms with E-state index in [9.17, 15) is 0 Å². The highest BCUT2D eigenvalue weighted by Gasteiger charge is 2.17. The van der Waals surface area contributed by atoms with Crippen LogP contribution in [-0.4, -0.2) is 6.54 Å². The molecule has 0 bridgehead atoms. The molecule has 1 aliphatic rings. The summed E-state index contributed by atoms with van der Waals surface area (Å²) in [4.78, 5) is 0. The fraction of sp³-hybridized carbons (Fsp3) is 0.538. The first-order valence-corrected chi connectivity index (χ1v) is 5.73. The molecule has 0 saturated heterocycles. The second kappa shape index (κ2) is 4.61. The molecular weight excluding hydrogens is 170 g/mol. The van der Waals surface area contributed by atoms with Gasteiger partial charge in [0, 0.05) is 6.04 Å². The molecule has 0 aromatic heterocycles. The third kappa shape index (κ3) is 1.98. The number of rotatable bonds is 3. The van der Waals surface area contributed by atoms with Gasteiger partial charge in [0.25, 0.3) is 0 Å². The maximum Gasteiger partial charge on any atom is 0.0323 e. The van der Waals surface area contributed by atoms with Gasteiger partial charge in [-0.3, -0.25) is 0 Å². The van der Waals surface area contributed by atoms with E-state index in [2.05, 4.69) is 36.5 Å². The average Bonchev–Trinajstić information content (AvgIpc) is 2.26. The topological polar surface area (TPSA) is 12.0 Å². The first-order valence-electron chi connectivity index (χ1n) is 5.73. The summed E-state index contributed by atoms with van der Waals surface area (Å²) in [7, 11) is 0. The highest BCUT2D eigenvalue weighted by atomic mass is 14.9. The van der Waals surface area contributed by atoms with Gasteiger partial charge in [-0.2, -0.15) is 0 Å². The fourth-order valence-electron chi connectivity index (χ4n) is 2.26. The normalized spacial score (nSPS) is 20.5. The molecule has 1 heterocycles. The number of benzene rings is 1. The van der Waals surface area contributed by atoms with Crippen LogP contribution in [0.4, 0.5) is 0 Å². The summed E-state index contributed by atoms with van der Waals surface area (Å²) in [6, 6.07) is 9.47. The Kier molecular flexibility index (Phi) is 3.20. The SMILES string of the molecule is CCCC[C@@H]1NCCc2ccccc21. The van der Waals surface area contributed by atoms with Gasteiger partial charge in [-0.25, -0.2) is 0 Å². The van der Waals surface area contributed by atoms with Gasteiger partial charge in [-0.1, -0.05) is 44.0 Å². The molecular formula is C13H19N. The van der Waals surface area contributed by atoms with Crippen LogP contribution >= 0.6 is 0 Å². The van der Waals surface area contributed by atoms with Gasteiger partial charge in [-0.05, 0) is 30.5 Å². The quantitative estimate of drug-likeness (QED) is 0.770. The summed E-state index contributed by atoms with van der Waals surface area (Å²) in [5, 5.41) is 3.61. The molecule has 76 valence electrons. The molecule has 2 rings (SSSR count). The van der Waals surface area contributed by atoms with E-state index >= 15 is 0 Å². The maximum atomic E-state index is 3.61. The lowest BCUT2D eigenvalue weighted by Gasteiger charge is -2.26. The number of unbranched alkanes of at least 4 members (excludes halogenated alkanes) is 1. The summed E-state index contributed by atoms with van der Waals surface area (Å²) >= 11 is 0. The van der Waals surface area contributed by atoms with E-state index in [1.165, 1.54) is 31.2 Å². The Hall–Kier alpha value is -0.820. The van der Waals surface area contributed by atoms with Crippen molar-refractivity contribution in [3.05, 3.63) is 35.4 Å². The third-order valence-corrected chi connectivity index (χ3v) is 3.06. The Labute approximate surface area is 86.5 Å². The zero-order valence-electron chi connectivity index (χ0n) is 8.92. The molecule has 1 aromatic carbocycles. The van der Waals surface area contributed by atoms with Crippen molar-refractivity contribution in [1.82, 2.24) is 5.32 Å². The van der Waals surface area contributed by atoms with E-state index < -0.39 is 0 Å². The summed E-state index contributed by atoms with van der Waals surface area (Å²) < 4.78 is 0. The molecule has 0 unspecified atom stereocenters. The smallest absolute Gasteiger partial charge is 0.0323 e. The largest absolute Gasteiger partial charge is 0.310 e. The van der Waals surface area contributed by atoms with Crippen LogP contribution in [0.25, 0.3) is 0 Å². The lowest BCUT2D eigenvalue weighted by atomic mass is 9.91. The van der Waals surface area contributed by atoms with Gasteiger partial charge in [0.15, 0.2) is 0 Å². The van der Waals surface area contributed by atoms with Gasteiger partial charge in [0.05, 0.1) is 0 Å². The molecule has 1 aromatic rings. The Morgan fingerprint density at radius 2 is 2.21 bits per heavy atom. The van der Waals surface area contributed by atoms with Crippen molar-refractivity contribution in [2.45, 2.75) is 38.6 Å². The lowest BCUT2D eigenvalue weighted by Crippen LogP contribution is -2.29. The lowest BCUT2D eigenvalue weighted by molar-refractivity contribution is 0.460. The van der Waals surface area contributed by atoms with Crippen LogP contribution in [0.2, 0.25) is 0 Å². The second-order valence-corrected chi connectivity index (χ2v) is 4.10. The highest BCUT2D eigenvalue weighted by molar-refractivity contribution is 5.32. The van der Waals surface area contributed by atoms with Gasteiger partial charge in [-0.15, -0.1) is 0 Å². The van der Waals surface area contributed by atoms with Crippen LogP contribution < -0.4 is 5.32 Å². The number of fused-ring (bicyclic) bond motifs is 1. The van der Waals surface area contributed by atoms with Crippen molar-refractivity contribution < 1.29 is 0 Å². The predicted octanol–water partition coefficient (Wildman–Crippen LogP) is 3.06. The van der Waals surface area contributed by atoms with Crippen LogP contribution in [0.15, 0.2) is 24.3 Å². The third-order valence-electron chi connectivity index (χ3n) is 3.06. The molecule has 0 spiro atoms. The minimum atomic E-state index is 0.611. The number of hydrogen-bond acceptors (Lipinski definition) is 1. The van der Waals surface area contributed by atoms with Crippen LogP contribution in [0.3, 0.4) is 0 Å². The molecule has 1 N–H and O–H groups in total. The van der Waals surface area contributed by atoms with Gasteiger partial charge in [0.2, 0.25) is 0 Å².